The Hall–Kier alpha value is -1.22. The van der Waals surface area contributed by atoms with E-state index in [4.69, 9.17) is 17.3 Å². The molecule has 1 saturated carbocycles. The first-order valence-corrected chi connectivity index (χ1v) is 7.23. The van der Waals surface area contributed by atoms with Crippen LogP contribution in [0.1, 0.15) is 43.5 Å². The van der Waals surface area contributed by atoms with Gasteiger partial charge in [0, 0.05) is 18.2 Å². The number of rotatable bonds is 5. The van der Waals surface area contributed by atoms with Crippen LogP contribution in [0.3, 0.4) is 0 Å². The Labute approximate surface area is 119 Å². The van der Waals surface area contributed by atoms with Gasteiger partial charge in [-0.1, -0.05) is 25.4 Å². The fourth-order valence-electron chi connectivity index (χ4n) is 2.08. The lowest BCUT2D eigenvalue weighted by molar-refractivity contribution is 0.0735. The first-order valence-electron chi connectivity index (χ1n) is 6.85. The maximum absolute atomic E-state index is 12.5. The van der Waals surface area contributed by atoms with Crippen molar-refractivity contribution in [3.63, 3.8) is 0 Å². The molecule has 0 bridgehead atoms. The number of carbonyl (C=O) groups is 1. The van der Waals surface area contributed by atoms with Crippen LogP contribution in [0.4, 0.5) is 5.69 Å². The van der Waals surface area contributed by atoms with Gasteiger partial charge < -0.3 is 10.6 Å². The Balaban J connectivity index is 2.12. The summed E-state index contributed by atoms with van der Waals surface area (Å²) in [5.74, 6) is 0.677. The number of benzene rings is 1. The summed E-state index contributed by atoms with van der Waals surface area (Å²) in [7, 11) is 0. The molecule has 0 unspecified atom stereocenters. The second kappa shape index (κ2) is 5.83. The molecule has 1 fully saturated rings. The third-order valence-electron chi connectivity index (χ3n) is 3.44. The van der Waals surface area contributed by atoms with Gasteiger partial charge in [0.1, 0.15) is 0 Å². The number of amides is 1. The quantitative estimate of drug-likeness (QED) is 0.838. The van der Waals surface area contributed by atoms with Crippen LogP contribution in [0.25, 0.3) is 0 Å². The molecule has 0 radical (unpaired) electrons. The Morgan fingerprint density at radius 1 is 1.47 bits per heavy atom. The van der Waals surface area contributed by atoms with Crippen molar-refractivity contribution in [2.45, 2.75) is 39.2 Å². The highest BCUT2D eigenvalue weighted by Gasteiger charge is 2.32. The van der Waals surface area contributed by atoms with Crippen molar-refractivity contribution in [1.29, 1.82) is 0 Å². The summed E-state index contributed by atoms with van der Waals surface area (Å²) in [5.41, 5.74) is 6.87. The van der Waals surface area contributed by atoms with E-state index in [9.17, 15) is 4.79 Å². The van der Waals surface area contributed by atoms with Crippen molar-refractivity contribution in [2.24, 2.45) is 5.92 Å². The fourth-order valence-corrected chi connectivity index (χ4v) is 2.19. The lowest BCUT2D eigenvalue weighted by atomic mass is 10.1. The van der Waals surface area contributed by atoms with Gasteiger partial charge in [0.2, 0.25) is 0 Å². The van der Waals surface area contributed by atoms with E-state index in [-0.39, 0.29) is 5.91 Å². The molecule has 4 heteroatoms. The largest absolute Gasteiger partial charge is 0.398 e. The summed E-state index contributed by atoms with van der Waals surface area (Å²) in [5, 5.41) is 0.497. The summed E-state index contributed by atoms with van der Waals surface area (Å²) in [6.07, 6.45) is 3.27. The average Bonchev–Trinajstić information content (AvgIpc) is 3.16. The topological polar surface area (TPSA) is 46.3 Å². The predicted octanol–water partition coefficient (Wildman–Crippen LogP) is 3.57. The number of hydrogen-bond acceptors (Lipinski definition) is 2. The van der Waals surface area contributed by atoms with Gasteiger partial charge in [-0.3, -0.25) is 4.79 Å². The predicted molar refractivity (Wildman–Crippen MR) is 79.4 cm³/mol. The zero-order valence-electron chi connectivity index (χ0n) is 11.5. The van der Waals surface area contributed by atoms with E-state index in [2.05, 4.69) is 13.8 Å². The van der Waals surface area contributed by atoms with E-state index < -0.39 is 0 Å². The SMILES string of the molecule is CC(C)CCN(C(=O)c1ccc(Cl)c(N)c1)C1CC1. The van der Waals surface area contributed by atoms with E-state index in [1.807, 2.05) is 4.90 Å². The molecule has 0 aromatic heterocycles. The molecule has 1 aromatic carbocycles. The number of nitrogens with two attached hydrogens (primary N) is 1. The lowest BCUT2D eigenvalue weighted by Crippen LogP contribution is -2.34. The third kappa shape index (κ3) is 3.63. The molecular formula is C15H21ClN2O. The number of nitrogens with zero attached hydrogens (tertiary/aromatic N) is 1. The molecule has 1 aromatic rings. The summed E-state index contributed by atoms with van der Waals surface area (Å²) in [4.78, 5) is 14.5. The Bertz CT molecular complexity index is 469. The number of halogens is 1. The molecule has 0 heterocycles. The highest BCUT2D eigenvalue weighted by atomic mass is 35.5. The van der Waals surface area contributed by atoms with E-state index in [0.717, 1.165) is 25.8 Å². The van der Waals surface area contributed by atoms with E-state index >= 15 is 0 Å². The van der Waals surface area contributed by atoms with Gasteiger partial charge >= 0.3 is 0 Å². The van der Waals surface area contributed by atoms with Gasteiger partial charge in [-0.15, -0.1) is 0 Å². The van der Waals surface area contributed by atoms with Gasteiger partial charge in [0.05, 0.1) is 10.7 Å². The van der Waals surface area contributed by atoms with Crippen molar-refractivity contribution < 1.29 is 4.79 Å². The molecule has 104 valence electrons. The molecule has 0 aliphatic heterocycles. The zero-order valence-corrected chi connectivity index (χ0v) is 12.3. The summed E-state index contributed by atoms with van der Waals surface area (Å²) >= 11 is 5.89. The molecule has 2 rings (SSSR count). The highest BCUT2D eigenvalue weighted by Crippen LogP contribution is 2.30. The van der Waals surface area contributed by atoms with Crippen LogP contribution in [0, 0.1) is 5.92 Å². The van der Waals surface area contributed by atoms with Crippen LogP contribution in [-0.2, 0) is 0 Å². The summed E-state index contributed by atoms with van der Waals surface area (Å²) in [6, 6.07) is 5.54. The van der Waals surface area contributed by atoms with Crippen LogP contribution in [-0.4, -0.2) is 23.4 Å². The Kier molecular flexibility index (Phi) is 4.35. The van der Waals surface area contributed by atoms with Crippen LogP contribution in [0.15, 0.2) is 18.2 Å². The molecule has 1 amide bonds. The lowest BCUT2D eigenvalue weighted by Gasteiger charge is -2.23. The van der Waals surface area contributed by atoms with Crippen LogP contribution >= 0.6 is 11.6 Å². The number of carbonyl (C=O) groups excluding carboxylic acids is 1. The van der Waals surface area contributed by atoms with Gasteiger partial charge in [-0.2, -0.15) is 0 Å². The molecule has 0 spiro atoms. The van der Waals surface area contributed by atoms with Crippen molar-refractivity contribution in [2.75, 3.05) is 12.3 Å². The zero-order chi connectivity index (χ0) is 14.0. The van der Waals surface area contributed by atoms with Crippen LogP contribution < -0.4 is 5.73 Å². The first kappa shape index (κ1) is 14.2. The molecule has 1 aliphatic carbocycles. The minimum absolute atomic E-state index is 0.0755. The second-order valence-electron chi connectivity index (χ2n) is 5.65. The van der Waals surface area contributed by atoms with Crippen molar-refractivity contribution in [3.05, 3.63) is 28.8 Å². The Morgan fingerprint density at radius 3 is 2.68 bits per heavy atom. The molecule has 0 atom stereocenters. The van der Waals surface area contributed by atoms with Gasteiger partial charge in [-0.05, 0) is 43.4 Å². The first-order chi connectivity index (χ1) is 8.99. The summed E-state index contributed by atoms with van der Waals surface area (Å²) < 4.78 is 0. The van der Waals surface area contributed by atoms with E-state index in [1.54, 1.807) is 18.2 Å². The highest BCUT2D eigenvalue weighted by molar-refractivity contribution is 6.33. The standard InChI is InChI=1S/C15H21ClN2O/c1-10(2)7-8-18(12-4-5-12)15(19)11-3-6-13(16)14(17)9-11/h3,6,9-10,12H,4-5,7-8,17H2,1-2H3. The van der Waals surface area contributed by atoms with Crippen molar-refractivity contribution in [1.82, 2.24) is 4.90 Å². The maximum Gasteiger partial charge on any atom is 0.254 e. The molecule has 3 nitrogen and oxygen atoms in total. The maximum atomic E-state index is 12.5. The molecule has 1 aliphatic rings. The monoisotopic (exact) mass is 280 g/mol. The second-order valence-corrected chi connectivity index (χ2v) is 6.06. The minimum atomic E-state index is 0.0755. The minimum Gasteiger partial charge on any atom is -0.398 e. The molecule has 0 saturated heterocycles. The van der Waals surface area contributed by atoms with Gasteiger partial charge in [0.25, 0.3) is 5.91 Å². The molecule has 2 N–H and O–H groups in total. The smallest absolute Gasteiger partial charge is 0.254 e. The summed E-state index contributed by atoms with van der Waals surface area (Å²) in [6.45, 7) is 5.18. The number of nitrogen functional groups attached to an aromatic ring is 1. The van der Waals surface area contributed by atoms with Crippen molar-refractivity contribution in [3.8, 4) is 0 Å². The molecule has 19 heavy (non-hydrogen) atoms. The number of hydrogen-bond donors (Lipinski definition) is 1. The van der Waals surface area contributed by atoms with E-state index in [0.29, 0.717) is 28.2 Å². The van der Waals surface area contributed by atoms with E-state index in [1.165, 1.54) is 0 Å². The van der Waals surface area contributed by atoms with Gasteiger partial charge in [-0.25, -0.2) is 0 Å². The normalized spacial score (nSPS) is 14.7. The third-order valence-corrected chi connectivity index (χ3v) is 3.78. The van der Waals surface area contributed by atoms with Gasteiger partial charge in [0.15, 0.2) is 0 Å². The van der Waals surface area contributed by atoms with Crippen LogP contribution in [0.2, 0.25) is 5.02 Å². The fraction of sp³-hybridized carbons (Fsp3) is 0.533. The Morgan fingerprint density at radius 2 is 2.16 bits per heavy atom. The van der Waals surface area contributed by atoms with Crippen molar-refractivity contribution >= 4 is 23.2 Å². The molecular weight excluding hydrogens is 260 g/mol. The number of anilines is 1. The average molecular weight is 281 g/mol. The van der Waals surface area contributed by atoms with Crippen LogP contribution in [0.5, 0.6) is 0 Å².